The molecule has 98 valence electrons. The molecule has 0 saturated heterocycles. The number of aliphatic carboxylic acids is 1. The fourth-order valence-electron chi connectivity index (χ4n) is 2.09. The molecule has 1 rings (SSSR count). The summed E-state index contributed by atoms with van der Waals surface area (Å²) in [6, 6.07) is 6.10. The first-order valence-corrected chi connectivity index (χ1v) is 5.87. The summed E-state index contributed by atoms with van der Waals surface area (Å²) in [6.07, 6.45) is 0. The third kappa shape index (κ3) is 5.10. The number of ketones is 1. The molecule has 0 aliphatic rings. The molecule has 0 radical (unpaired) electrons. The fraction of sp³-hybridized carbons (Fsp3) is 0.429. The Kier molecular flexibility index (Phi) is 5.04. The van der Waals surface area contributed by atoms with Crippen LogP contribution in [0.5, 0.6) is 0 Å². The number of carbonyl (C=O) groups is 2. The Morgan fingerprint density at radius 2 is 1.67 bits per heavy atom. The molecule has 0 spiro atoms. The van der Waals surface area contributed by atoms with Crippen LogP contribution in [-0.2, 0) is 16.1 Å². The van der Waals surface area contributed by atoms with Crippen LogP contribution in [-0.4, -0.2) is 34.8 Å². The summed E-state index contributed by atoms with van der Waals surface area (Å²) in [5.41, 5.74) is 3.32. The summed E-state index contributed by atoms with van der Waals surface area (Å²) < 4.78 is 0. The first kappa shape index (κ1) is 14.4. The molecular formula is C14H19NO3. The number of benzene rings is 1. The fourth-order valence-corrected chi connectivity index (χ4v) is 2.09. The number of nitrogens with zero attached hydrogens (tertiary/aromatic N) is 1. The summed E-state index contributed by atoms with van der Waals surface area (Å²) >= 11 is 0. The quantitative estimate of drug-likeness (QED) is 0.835. The van der Waals surface area contributed by atoms with E-state index in [0.29, 0.717) is 6.54 Å². The molecule has 1 aromatic carbocycles. The van der Waals surface area contributed by atoms with Crippen LogP contribution in [0.15, 0.2) is 18.2 Å². The number of carboxylic acids is 1. The van der Waals surface area contributed by atoms with Crippen LogP contribution in [0.4, 0.5) is 0 Å². The highest BCUT2D eigenvalue weighted by molar-refractivity contribution is 5.78. The van der Waals surface area contributed by atoms with Crippen molar-refractivity contribution in [1.82, 2.24) is 4.90 Å². The maximum Gasteiger partial charge on any atom is 0.317 e. The lowest BCUT2D eigenvalue weighted by Gasteiger charge is -2.19. The van der Waals surface area contributed by atoms with Crippen LogP contribution in [0.2, 0.25) is 0 Å². The highest BCUT2D eigenvalue weighted by Gasteiger charge is 2.12. The van der Waals surface area contributed by atoms with Gasteiger partial charge in [-0.15, -0.1) is 0 Å². The van der Waals surface area contributed by atoms with Crippen LogP contribution < -0.4 is 0 Å². The Morgan fingerprint density at radius 3 is 2.11 bits per heavy atom. The average Bonchev–Trinajstić information content (AvgIpc) is 2.12. The van der Waals surface area contributed by atoms with E-state index in [1.54, 1.807) is 4.90 Å². The first-order valence-electron chi connectivity index (χ1n) is 5.87. The topological polar surface area (TPSA) is 57.6 Å². The predicted octanol–water partition coefficient (Wildman–Crippen LogP) is 1.78. The molecule has 0 aliphatic heterocycles. The molecule has 0 aliphatic carbocycles. The van der Waals surface area contributed by atoms with Gasteiger partial charge in [-0.05, 0) is 26.3 Å². The van der Waals surface area contributed by atoms with Gasteiger partial charge in [0, 0.05) is 6.54 Å². The molecule has 0 amide bonds. The van der Waals surface area contributed by atoms with Crippen molar-refractivity contribution in [3.8, 4) is 0 Å². The van der Waals surface area contributed by atoms with Crippen molar-refractivity contribution in [1.29, 1.82) is 0 Å². The van der Waals surface area contributed by atoms with Gasteiger partial charge < -0.3 is 5.11 Å². The average molecular weight is 249 g/mol. The van der Waals surface area contributed by atoms with E-state index >= 15 is 0 Å². The Labute approximate surface area is 107 Å². The zero-order chi connectivity index (χ0) is 13.7. The summed E-state index contributed by atoms with van der Waals surface area (Å²) in [5, 5.41) is 8.83. The smallest absolute Gasteiger partial charge is 0.317 e. The Bertz CT molecular complexity index is 418. The monoisotopic (exact) mass is 249 g/mol. The number of rotatable bonds is 6. The van der Waals surface area contributed by atoms with E-state index < -0.39 is 5.97 Å². The molecule has 0 atom stereocenters. The minimum Gasteiger partial charge on any atom is -0.480 e. The second kappa shape index (κ2) is 6.31. The van der Waals surface area contributed by atoms with Gasteiger partial charge in [0.2, 0.25) is 0 Å². The van der Waals surface area contributed by atoms with Gasteiger partial charge in [0.25, 0.3) is 0 Å². The highest BCUT2D eigenvalue weighted by Crippen LogP contribution is 2.11. The molecule has 0 saturated carbocycles. The maximum atomic E-state index is 11.1. The van der Waals surface area contributed by atoms with Crippen molar-refractivity contribution in [2.24, 2.45) is 0 Å². The number of hydrogen-bond acceptors (Lipinski definition) is 3. The molecule has 0 bridgehead atoms. The van der Waals surface area contributed by atoms with Crippen LogP contribution in [0.1, 0.15) is 23.6 Å². The van der Waals surface area contributed by atoms with Crippen molar-refractivity contribution in [3.05, 3.63) is 34.9 Å². The Morgan fingerprint density at radius 1 is 1.11 bits per heavy atom. The van der Waals surface area contributed by atoms with Gasteiger partial charge in [-0.25, -0.2) is 0 Å². The minimum absolute atomic E-state index is 0.0272. The standard InChI is InChI=1S/C14H19NO3/c1-10-4-11(2)6-13(5-10)8-15(7-12(3)16)9-14(17)18/h4-6H,7-9H2,1-3H3,(H,17,18). The summed E-state index contributed by atoms with van der Waals surface area (Å²) in [4.78, 5) is 23.5. The van der Waals surface area contributed by atoms with E-state index in [1.807, 2.05) is 26.0 Å². The number of hydrogen-bond donors (Lipinski definition) is 1. The maximum absolute atomic E-state index is 11.1. The van der Waals surface area contributed by atoms with Gasteiger partial charge in [0.05, 0.1) is 13.1 Å². The first-order chi connectivity index (χ1) is 8.36. The number of Topliss-reactive ketones (excluding diaryl/α,β-unsaturated/α-hetero) is 1. The lowest BCUT2D eigenvalue weighted by molar-refractivity contribution is -0.138. The van der Waals surface area contributed by atoms with Crippen molar-refractivity contribution in [2.75, 3.05) is 13.1 Å². The molecule has 0 aromatic heterocycles. The van der Waals surface area contributed by atoms with Crippen LogP contribution in [0.25, 0.3) is 0 Å². The molecule has 1 N–H and O–H groups in total. The van der Waals surface area contributed by atoms with Gasteiger partial charge in [-0.1, -0.05) is 29.3 Å². The molecule has 4 nitrogen and oxygen atoms in total. The second-order valence-electron chi connectivity index (χ2n) is 4.74. The Hall–Kier alpha value is -1.68. The summed E-state index contributed by atoms with van der Waals surface area (Å²) in [5.74, 6) is -0.943. The predicted molar refractivity (Wildman–Crippen MR) is 69.5 cm³/mol. The number of aryl methyl sites for hydroxylation is 2. The third-order valence-corrected chi connectivity index (χ3v) is 2.49. The van der Waals surface area contributed by atoms with E-state index in [-0.39, 0.29) is 18.9 Å². The van der Waals surface area contributed by atoms with Gasteiger partial charge in [0.15, 0.2) is 0 Å². The highest BCUT2D eigenvalue weighted by atomic mass is 16.4. The van der Waals surface area contributed by atoms with E-state index in [1.165, 1.54) is 6.92 Å². The lowest BCUT2D eigenvalue weighted by atomic mass is 10.1. The van der Waals surface area contributed by atoms with E-state index in [4.69, 9.17) is 5.11 Å². The summed E-state index contributed by atoms with van der Waals surface area (Å²) in [7, 11) is 0. The van der Waals surface area contributed by atoms with Gasteiger partial charge in [-0.3, -0.25) is 14.5 Å². The van der Waals surface area contributed by atoms with Gasteiger partial charge in [0.1, 0.15) is 5.78 Å². The minimum atomic E-state index is -0.916. The Balaban J connectivity index is 2.80. The molecule has 1 aromatic rings. The number of carboxylic acid groups (broad SMARTS) is 1. The van der Waals surface area contributed by atoms with E-state index in [2.05, 4.69) is 6.07 Å². The molecule has 18 heavy (non-hydrogen) atoms. The van der Waals surface area contributed by atoms with Crippen LogP contribution in [0.3, 0.4) is 0 Å². The van der Waals surface area contributed by atoms with Crippen molar-refractivity contribution in [2.45, 2.75) is 27.3 Å². The largest absolute Gasteiger partial charge is 0.480 e. The number of carbonyl (C=O) groups excluding carboxylic acids is 1. The molecule has 0 unspecified atom stereocenters. The second-order valence-corrected chi connectivity index (χ2v) is 4.74. The van der Waals surface area contributed by atoms with E-state index in [0.717, 1.165) is 16.7 Å². The SMILES string of the molecule is CC(=O)CN(CC(=O)O)Cc1cc(C)cc(C)c1. The molecular weight excluding hydrogens is 230 g/mol. The van der Waals surface area contributed by atoms with Crippen LogP contribution in [0, 0.1) is 13.8 Å². The van der Waals surface area contributed by atoms with Gasteiger partial charge >= 0.3 is 5.97 Å². The zero-order valence-electron chi connectivity index (χ0n) is 11.1. The van der Waals surface area contributed by atoms with Gasteiger partial charge in [-0.2, -0.15) is 0 Å². The van der Waals surface area contributed by atoms with Crippen LogP contribution >= 0.6 is 0 Å². The molecule has 0 heterocycles. The van der Waals surface area contributed by atoms with Crippen molar-refractivity contribution in [3.63, 3.8) is 0 Å². The van der Waals surface area contributed by atoms with E-state index in [9.17, 15) is 9.59 Å². The zero-order valence-corrected chi connectivity index (χ0v) is 11.1. The molecule has 4 heteroatoms. The normalized spacial score (nSPS) is 10.7. The lowest BCUT2D eigenvalue weighted by Crippen LogP contribution is -2.33. The summed E-state index contributed by atoms with van der Waals surface area (Å²) in [6.45, 7) is 6.00. The van der Waals surface area contributed by atoms with Crippen molar-refractivity contribution < 1.29 is 14.7 Å². The molecule has 0 fully saturated rings. The third-order valence-electron chi connectivity index (χ3n) is 2.49. The van der Waals surface area contributed by atoms with Crippen molar-refractivity contribution >= 4 is 11.8 Å².